The fourth-order valence-electron chi connectivity index (χ4n) is 2.18. The van der Waals surface area contributed by atoms with Crippen molar-refractivity contribution in [2.45, 2.75) is 26.8 Å². The normalized spacial score (nSPS) is 10.4. The van der Waals surface area contributed by atoms with Crippen molar-refractivity contribution in [3.05, 3.63) is 51.7 Å². The van der Waals surface area contributed by atoms with Gasteiger partial charge in [-0.15, -0.1) is 0 Å². The second-order valence-corrected chi connectivity index (χ2v) is 6.05. The van der Waals surface area contributed by atoms with Gasteiger partial charge in [0.05, 0.1) is 5.56 Å². The third-order valence-corrected chi connectivity index (χ3v) is 4.05. The Morgan fingerprint density at radius 3 is 2.81 bits per heavy atom. The number of hydrogen-bond acceptors (Lipinski definition) is 3. The Morgan fingerprint density at radius 2 is 2.14 bits per heavy atom. The van der Waals surface area contributed by atoms with Crippen LogP contribution >= 0.6 is 11.3 Å². The van der Waals surface area contributed by atoms with E-state index >= 15 is 0 Å². The fraction of sp³-hybridized carbons (Fsp3) is 0.353. The molecule has 1 heterocycles. The minimum absolute atomic E-state index is 0.0554. The molecule has 0 aliphatic rings. The van der Waals surface area contributed by atoms with Crippen LogP contribution in [0.5, 0.6) is 0 Å². The van der Waals surface area contributed by atoms with Crippen molar-refractivity contribution in [1.29, 1.82) is 0 Å². The minimum Gasteiger partial charge on any atom is -0.384 e. The van der Waals surface area contributed by atoms with E-state index < -0.39 is 0 Å². The third-order valence-electron chi connectivity index (χ3n) is 3.32. The lowest BCUT2D eigenvalue weighted by Gasteiger charge is -2.19. The maximum atomic E-state index is 12.7. The molecule has 1 aromatic heterocycles. The van der Waals surface area contributed by atoms with Crippen LogP contribution in [-0.4, -0.2) is 24.4 Å². The Morgan fingerprint density at radius 1 is 1.33 bits per heavy atom. The molecule has 1 aromatic carbocycles. The van der Waals surface area contributed by atoms with Crippen molar-refractivity contribution in [3.8, 4) is 0 Å². The van der Waals surface area contributed by atoms with Gasteiger partial charge < -0.3 is 10.2 Å². The number of carbonyl (C=O) groups is 1. The Bertz CT molecular complexity index is 593. The average molecular weight is 302 g/mol. The summed E-state index contributed by atoms with van der Waals surface area (Å²) in [6.45, 7) is 5.68. The molecule has 0 saturated heterocycles. The van der Waals surface area contributed by atoms with Gasteiger partial charge in [-0.05, 0) is 53.4 Å². The molecular weight excluding hydrogens is 280 g/mol. The molecule has 3 nitrogen and oxygen atoms in total. The molecule has 0 saturated carbocycles. The second-order valence-electron chi connectivity index (χ2n) is 5.27. The van der Waals surface area contributed by atoms with Crippen LogP contribution in [-0.2, 0) is 6.54 Å². The summed E-state index contributed by atoms with van der Waals surface area (Å²) in [5.74, 6) is 0.0554. The number of hydrogen-bond donors (Lipinski definition) is 1. The van der Waals surface area contributed by atoms with Gasteiger partial charge in [-0.1, -0.05) is 13.0 Å². The summed E-state index contributed by atoms with van der Waals surface area (Å²) >= 11 is 1.66. The first-order chi connectivity index (χ1) is 10.1. The molecule has 112 valence electrons. The molecule has 0 bridgehead atoms. The van der Waals surface area contributed by atoms with Crippen LogP contribution in [0.4, 0.5) is 5.69 Å². The number of benzene rings is 1. The highest BCUT2D eigenvalue weighted by Gasteiger charge is 2.16. The quantitative estimate of drug-likeness (QED) is 0.869. The van der Waals surface area contributed by atoms with Gasteiger partial charge in [0, 0.05) is 25.8 Å². The smallest absolute Gasteiger partial charge is 0.255 e. The predicted octanol–water partition coefficient (Wildman–Crippen LogP) is 4.15. The lowest BCUT2D eigenvalue weighted by atomic mass is 10.1. The van der Waals surface area contributed by atoms with Crippen LogP contribution in [0, 0.1) is 6.92 Å². The lowest BCUT2D eigenvalue weighted by molar-refractivity contribution is 0.0786. The Labute approximate surface area is 130 Å². The number of amides is 1. The molecule has 0 spiro atoms. The molecule has 0 unspecified atom stereocenters. The predicted molar refractivity (Wildman–Crippen MR) is 90.1 cm³/mol. The van der Waals surface area contributed by atoms with Crippen LogP contribution in [0.3, 0.4) is 0 Å². The highest BCUT2D eigenvalue weighted by Crippen LogP contribution is 2.20. The summed E-state index contributed by atoms with van der Waals surface area (Å²) in [7, 11) is 1.85. The number of carbonyl (C=O) groups excluding carboxylic acids is 1. The van der Waals surface area contributed by atoms with Crippen LogP contribution in [0.1, 0.15) is 34.8 Å². The SMILES string of the molecule is CCCNc1cc(C)ccc1C(=O)N(C)Cc1ccsc1. The zero-order valence-electron chi connectivity index (χ0n) is 12.8. The van der Waals surface area contributed by atoms with Crippen LogP contribution < -0.4 is 5.32 Å². The average Bonchev–Trinajstić information content (AvgIpc) is 2.97. The Kier molecular flexibility index (Phi) is 5.39. The molecule has 0 atom stereocenters. The molecule has 21 heavy (non-hydrogen) atoms. The Balaban J connectivity index is 2.17. The van der Waals surface area contributed by atoms with Crippen LogP contribution in [0.25, 0.3) is 0 Å². The Hall–Kier alpha value is -1.81. The molecule has 1 amide bonds. The first kappa shape index (κ1) is 15.6. The van der Waals surface area contributed by atoms with E-state index in [1.54, 1.807) is 16.2 Å². The summed E-state index contributed by atoms with van der Waals surface area (Å²) in [6.07, 6.45) is 1.03. The van der Waals surface area contributed by atoms with Gasteiger partial charge in [0.1, 0.15) is 0 Å². The van der Waals surface area contributed by atoms with Gasteiger partial charge in [-0.25, -0.2) is 0 Å². The molecule has 2 aromatic rings. The van der Waals surface area contributed by atoms with Crippen molar-refractivity contribution in [2.75, 3.05) is 18.9 Å². The highest BCUT2D eigenvalue weighted by atomic mass is 32.1. The van der Waals surface area contributed by atoms with Gasteiger partial charge in [-0.3, -0.25) is 4.79 Å². The molecule has 2 rings (SSSR count). The van der Waals surface area contributed by atoms with Gasteiger partial charge >= 0.3 is 0 Å². The number of nitrogens with zero attached hydrogens (tertiary/aromatic N) is 1. The summed E-state index contributed by atoms with van der Waals surface area (Å²) in [4.78, 5) is 14.4. The monoisotopic (exact) mass is 302 g/mol. The summed E-state index contributed by atoms with van der Waals surface area (Å²) in [6, 6.07) is 8.00. The minimum atomic E-state index is 0.0554. The molecule has 0 aliphatic heterocycles. The maximum Gasteiger partial charge on any atom is 0.255 e. The van der Waals surface area contributed by atoms with Crippen molar-refractivity contribution >= 4 is 22.9 Å². The van der Waals surface area contributed by atoms with Crippen molar-refractivity contribution in [2.24, 2.45) is 0 Å². The lowest BCUT2D eigenvalue weighted by Crippen LogP contribution is -2.27. The third kappa shape index (κ3) is 4.08. The van der Waals surface area contributed by atoms with E-state index in [-0.39, 0.29) is 5.91 Å². The van der Waals surface area contributed by atoms with Gasteiger partial charge in [0.2, 0.25) is 0 Å². The molecule has 0 radical (unpaired) electrons. The standard InChI is InChI=1S/C17H22N2OS/c1-4-8-18-16-10-13(2)5-6-15(16)17(20)19(3)11-14-7-9-21-12-14/h5-7,9-10,12,18H,4,8,11H2,1-3H3. The van der Waals surface area contributed by atoms with Crippen LogP contribution in [0.2, 0.25) is 0 Å². The summed E-state index contributed by atoms with van der Waals surface area (Å²) in [5, 5.41) is 7.47. The molecule has 0 fully saturated rings. The zero-order valence-corrected chi connectivity index (χ0v) is 13.7. The number of anilines is 1. The number of thiophene rings is 1. The molecule has 4 heteroatoms. The molecule has 0 aliphatic carbocycles. The largest absolute Gasteiger partial charge is 0.384 e. The van der Waals surface area contributed by atoms with Crippen LogP contribution in [0.15, 0.2) is 35.0 Å². The molecular formula is C17H22N2OS. The topological polar surface area (TPSA) is 32.3 Å². The number of aryl methyl sites for hydroxylation is 1. The van der Waals surface area contributed by atoms with Gasteiger partial charge in [0.25, 0.3) is 5.91 Å². The van der Waals surface area contributed by atoms with E-state index in [9.17, 15) is 4.79 Å². The van der Waals surface area contributed by atoms with E-state index in [4.69, 9.17) is 0 Å². The van der Waals surface area contributed by atoms with E-state index in [1.807, 2.05) is 37.6 Å². The summed E-state index contributed by atoms with van der Waals surface area (Å²) < 4.78 is 0. The van der Waals surface area contributed by atoms with Crippen molar-refractivity contribution in [3.63, 3.8) is 0 Å². The van der Waals surface area contributed by atoms with Gasteiger partial charge in [0.15, 0.2) is 0 Å². The maximum absolute atomic E-state index is 12.7. The van der Waals surface area contributed by atoms with Crippen molar-refractivity contribution in [1.82, 2.24) is 4.90 Å². The van der Waals surface area contributed by atoms with Gasteiger partial charge in [-0.2, -0.15) is 11.3 Å². The number of nitrogens with one attached hydrogen (secondary N) is 1. The van der Waals surface area contributed by atoms with E-state index in [0.717, 1.165) is 29.8 Å². The highest BCUT2D eigenvalue weighted by molar-refractivity contribution is 7.07. The first-order valence-electron chi connectivity index (χ1n) is 7.23. The summed E-state index contributed by atoms with van der Waals surface area (Å²) in [5.41, 5.74) is 4.00. The fourth-order valence-corrected chi connectivity index (χ4v) is 2.84. The second kappa shape index (κ2) is 7.27. The van der Waals surface area contributed by atoms with Crippen molar-refractivity contribution < 1.29 is 4.79 Å². The van der Waals surface area contributed by atoms with E-state index in [2.05, 4.69) is 23.7 Å². The first-order valence-corrected chi connectivity index (χ1v) is 8.17. The number of rotatable bonds is 6. The van der Waals surface area contributed by atoms with E-state index in [1.165, 1.54) is 5.56 Å². The molecule has 1 N–H and O–H groups in total. The van der Waals surface area contributed by atoms with E-state index in [0.29, 0.717) is 6.54 Å². The zero-order chi connectivity index (χ0) is 15.2.